The van der Waals surface area contributed by atoms with Gasteiger partial charge in [0.25, 0.3) is 0 Å². The number of fused-ring (bicyclic) bond motifs is 1. The number of benzene rings is 2. The molecule has 2 N–H and O–H groups in total. The van der Waals surface area contributed by atoms with Crippen molar-refractivity contribution in [2.75, 3.05) is 19.2 Å². The fourth-order valence-electron chi connectivity index (χ4n) is 3.70. The predicted molar refractivity (Wildman–Crippen MR) is 117 cm³/mol. The molecular formula is C21H23BN4O4. The number of anilines is 1. The molecule has 0 spiro atoms. The number of nitrogens with zero attached hydrogens (tertiary/aromatic N) is 4. The topological polar surface area (TPSA) is 100 Å². The Bertz CT molecular complexity index is 1110. The highest BCUT2D eigenvalue weighted by Crippen LogP contribution is 2.33. The van der Waals surface area contributed by atoms with Crippen LogP contribution in [0.25, 0.3) is 10.9 Å². The van der Waals surface area contributed by atoms with Crippen LogP contribution < -0.4 is 19.9 Å². The van der Waals surface area contributed by atoms with E-state index in [-0.39, 0.29) is 6.04 Å². The minimum Gasteiger partial charge on any atom is -0.497 e. The number of hydrazone groups is 1. The minimum atomic E-state index is -1.60. The highest BCUT2D eigenvalue weighted by molar-refractivity contribution is 6.59. The van der Waals surface area contributed by atoms with Gasteiger partial charge in [-0.2, -0.15) is 5.10 Å². The Labute approximate surface area is 174 Å². The maximum Gasteiger partial charge on any atom is 0.492 e. The summed E-state index contributed by atoms with van der Waals surface area (Å²) < 4.78 is 10.8. The lowest BCUT2D eigenvalue weighted by Crippen LogP contribution is -2.35. The zero-order chi connectivity index (χ0) is 21.3. The molecule has 0 bridgehead atoms. The van der Waals surface area contributed by atoms with Gasteiger partial charge in [0.05, 0.1) is 26.0 Å². The summed E-state index contributed by atoms with van der Waals surface area (Å²) in [7, 11) is 1.53. The van der Waals surface area contributed by atoms with E-state index in [2.05, 4.69) is 16.9 Å². The van der Waals surface area contributed by atoms with E-state index in [4.69, 9.17) is 14.6 Å². The van der Waals surface area contributed by atoms with Crippen molar-refractivity contribution in [3.8, 4) is 11.5 Å². The summed E-state index contributed by atoms with van der Waals surface area (Å²) in [6.45, 7) is 2.11. The van der Waals surface area contributed by atoms with Crippen molar-refractivity contribution in [3.63, 3.8) is 0 Å². The molecule has 0 radical (unpaired) electrons. The summed E-state index contributed by atoms with van der Waals surface area (Å²) in [6.07, 6.45) is 3.20. The molecule has 2 heterocycles. The van der Waals surface area contributed by atoms with Crippen molar-refractivity contribution in [3.05, 3.63) is 48.3 Å². The molecule has 4 rings (SSSR count). The summed E-state index contributed by atoms with van der Waals surface area (Å²) in [6, 6.07) is 11.2. The number of rotatable bonds is 5. The zero-order valence-electron chi connectivity index (χ0n) is 17.1. The van der Waals surface area contributed by atoms with Crippen LogP contribution in [0.4, 0.5) is 5.82 Å². The van der Waals surface area contributed by atoms with Crippen molar-refractivity contribution in [2.24, 2.45) is 5.10 Å². The molecule has 1 atom stereocenters. The molecule has 1 unspecified atom stereocenters. The molecule has 1 aliphatic rings. The highest BCUT2D eigenvalue weighted by atomic mass is 16.5. The van der Waals surface area contributed by atoms with Crippen LogP contribution in [0.5, 0.6) is 11.5 Å². The first-order valence-corrected chi connectivity index (χ1v) is 9.72. The average molecular weight is 406 g/mol. The lowest BCUT2D eigenvalue weighted by molar-refractivity contribution is 0.403. The van der Waals surface area contributed by atoms with Crippen LogP contribution in [0.2, 0.25) is 0 Å². The lowest BCUT2D eigenvalue weighted by Gasteiger charge is -2.31. The van der Waals surface area contributed by atoms with Crippen molar-refractivity contribution in [1.29, 1.82) is 0 Å². The molecule has 0 amide bonds. The van der Waals surface area contributed by atoms with Crippen molar-refractivity contribution < 1.29 is 19.5 Å². The zero-order valence-corrected chi connectivity index (χ0v) is 17.1. The average Bonchev–Trinajstić information content (AvgIpc) is 2.78. The largest absolute Gasteiger partial charge is 0.497 e. The molecule has 0 saturated carbocycles. The van der Waals surface area contributed by atoms with E-state index in [9.17, 15) is 10.0 Å². The van der Waals surface area contributed by atoms with Gasteiger partial charge in [0.1, 0.15) is 23.3 Å². The molecule has 2 aromatic carbocycles. The van der Waals surface area contributed by atoms with Crippen LogP contribution in [0.15, 0.2) is 47.8 Å². The first-order chi connectivity index (χ1) is 14.5. The molecule has 30 heavy (non-hydrogen) atoms. The fraction of sp³-hybridized carbons (Fsp3) is 0.286. The van der Waals surface area contributed by atoms with Crippen LogP contribution in [-0.4, -0.2) is 53.1 Å². The third-order valence-electron chi connectivity index (χ3n) is 5.33. The van der Waals surface area contributed by atoms with Gasteiger partial charge in [0.15, 0.2) is 5.82 Å². The third-order valence-corrected chi connectivity index (χ3v) is 5.33. The van der Waals surface area contributed by atoms with E-state index in [0.717, 1.165) is 40.8 Å². The maximum atomic E-state index is 9.52. The quantitative estimate of drug-likeness (QED) is 0.623. The van der Waals surface area contributed by atoms with Gasteiger partial charge in [0.2, 0.25) is 0 Å². The number of methoxy groups -OCH3 is 2. The fourth-order valence-corrected chi connectivity index (χ4v) is 3.70. The number of ether oxygens (including phenoxy) is 2. The van der Waals surface area contributed by atoms with Crippen LogP contribution in [-0.2, 0) is 0 Å². The summed E-state index contributed by atoms with van der Waals surface area (Å²) in [5.41, 5.74) is 2.79. The second-order valence-electron chi connectivity index (χ2n) is 7.16. The molecule has 154 valence electrons. The first-order valence-electron chi connectivity index (χ1n) is 9.72. The van der Waals surface area contributed by atoms with Crippen molar-refractivity contribution >= 4 is 35.0 Å². The van der Waals surface area contributed by atoms with Crippen LogP contribution in [0.3, 0.4) is 0 Å². The number of aromatic nitrogens is 2. The first kappa shape index (κ1) is 20.1. The Kier molecular flexibility index (Phi) is 5.56. The molecule has 8 nitrogen and oxygen atoms in total. The summed E-state index contributed by atoms with van der Waals surface area (Å²) >= 11 is 0. The Hall–Kier alpha value is -3.17. The van der Waals surface area contributed by atoms with E-state index in [1.807, 2.05) is 29.3 Å². The molecular weight excluding hydrogens is 383 g/mol. The van der Waals surface area contributed by atoms with Crippen LogP contribution in [0.1, 0.15) is 25.3 Å². The van der Waals surface area contributed by atoms with Gasteiger partial charge < -0.3 is 19.5 Å². The lowest BCUT2D eigenvalue weighted by atomic mass is 9.79. The van der Waals surface area contributed by atoms with Crippen LogP contribution >= 0.6 is 0 Å². The van der Waals surface area contributed by atoms with Crippen molar-refractivity contribution in [2.45, 2.75) is 25.8 Å². The summed E-state index contributed by atoms with van der Waals surface area (Å²) in [4.78, 5) is 8.90. The number of para-hydroxylation sites is 1. The Morgan fingerprint density at radius 3 is 2.60 bits per heavy atom. The molecule has 0 saturated heterocycles. The summed E-state index contributed by atoms with van der Waals surface area (Å²) in [5, 5.41) is 26.7. The monoisotopic (exact) mass is 406 g/mol. The van der Waals surface area contributed by atoms with Gasteiger partial charge >= 0.3 is 7.12 Å². The third kappa shape index (κ3) is 3.57. The SMILES string of the molecule is COc1cc(C2=NN(c3ncnc4c(OC)cccc34)C(C)CC2)ccc1B(O)O. The minimum absolute atomic E-state index is 0.151. The van der Waals surface area contributed by atoms with Crippen molar-refractivity contribution in [1.82, 2.24) is 9.97 Å². The van der Waals surface area contributed by atoms with Gasteiger partial charge in [-0.15, -0.1) is 0 Å². The van der Waals surface area contributed by atoms with E-state index in [1.165, 1.54) is 13.4 Å². The molecule has 0 aliphatic carbocycles. The van der Waals surface area contributed by atoms with E-state index in [1.54, 1.807) is 19.2 Å². The Balaban J connectivity index is 1.79. The second-order valence-corrected chi connectivity index (χ2v) is 7.16. The Morgan fingerprint density at radius 1 is 1.07 bits per heavy atom. The molecule has 9 heteroatoms. The predicted octanol–water partition coefficient (Wildman–Crippen LogP) is 1.72. The van der Waals surface area contributed by atoms with E-state index in [0.29, 0.717) is 17.0 Å². The Morgan fingerprint density at radius 2 is 1.87 bits per heavy atom. The van der Waals surface area contributed by atoms with Gasteiger partial charge in [-0.3, -0.25) is 0 Å². The molecule has 1 aliphatic heterocycles. The second kappa shape index (κ2) is 8.29. The molecule has 3 aromatic rings. The van der Waals surface area contributed by atoms with E-state index < -0.39 is 7.12 Å². The van der Waals surface area contributed by atoms with E-state index >= 15 is 0 Å². The standard InChI is InChI=1S/C21H23BN4O4/c1-13-7-10-17(14-8-9-16(22(27)28)19(11-14)30-3)25-26(13)21-15-5-4-6-18(29-2)20(15)23-12-24-21/h4-6,8-9,11-13,27-28H,7,10H2,1-3H3. The normalized spacial score (nSPS) is 16.4. The highest BCUT2D eigenvalue weighted by Gasteiger charge is 2.26. The molecule has 0 fully saturated rings. The van der Waals surface area contributed by atoms with Gasteiger partial charge in [0, 0.05) is 16.4 Å². The number of hydrogen-bond donors (Lipinski definition) is 2. The van der Waals surface area contributed by atoms with Gasteiger partial charge in [-0.05, 0) is 38.0 Å². The van der Waals surface area contributed by atoms with Gasteiger partial charge in [-0.25, -0.2) is 15.0 Å². The van der Waals surface area contributed by atoms with Gasteiger partial charge in [-0.1, -0.05) is 18.2 Å². The summed E-state index contributed by atoms with van der Waals surface area (Å²) in [5.74, 6) is 1.82. The maximum absolute atomic E-state index is 9.52. The van der Waals surface area contributed by atoms with Crippen LogP contribution in [0, 0.1) is 0 Å². The molecule has 1 aromatic heterocycles. The smallest absolute Gasteiger partial charge is 0.492 e. The number of hydrogen-bond acceptors (Lipinski definition) is 8.